The molecule has 2 atom stereocenters. The highest BCUT2D eigenvalue weighted by atomic mass is 79.9. The molecular weight excluding hydrogens is 420 g/mol. The van der Waals surface area contributed by atoms with Gasteiger partial charge in [-0.15, -0.1) is 0 Å². The molecular formula is C21H29BrN4O2. The first-order valence-electron chi connectivity index (χ1n) is 10.5. The Morgan fingerprint density at radius 3 is 2.57 bits per heavy atom. The first-order valence-corrected chi connectivity index (χ1v) is 11.3. The number of rotatable bonds is 4. The van der Waals surface area contributed by atoms with E-state index in [1.54, 1.807) is 19.4 Å². The third-order valence-electron chi connectivity index (χ3n) is 7.38. The molecule has 6 rings (SSSR count). The van der Waals surface area contributed by atoms with Gasteiger partial charge in [-0.3, -0.25) is 4.79 Å². The van der Waals surface area contributed by atoms with E-state index in [2.05, 4.69) is 35.7 Å². The molecule has 6 nitrogen and oxygen atoms in total. The van der Waals surface area contributed by atoms with Gasteiger partial charge in [-0.2, -0.15) is 4.98 Å². The van der Waals surface area contributed by atoms with E-state index in [1.807, 2.05) is 0 Å². The average Bonchev–Trinajstić information content (AvgIpc) is 2.66. The van der Waals surface area contributed by atoms with Crippen LogP contribution < -0.4 is 9.64 Å². The number of amides is 1. The number of piperazine rings is 1. The third kappa shape index (κ3) is 3.40. The highest BCUT2D eigenvalue weighted by Gasteiger charge is 2.57. The quantitative estimate of drug-likeness (QED) is 0.661. The standard InChI is InChI=1S/C21H29BrN4O2/c1-28-17-2-3-23-19(24-17)26-6-4-25(5-7-26)18(27)13-20-9-15-8-16(10-20)12-21(22,11-15)14-20/h2-3,15-16H,4-14H2,1H3. The Hall–Kier alpha value is -1.37. The molecule has 4 saturated carbocycles. The summed E-state index contributed by atoms with van der Waals surface area (Å²) in [4.78, 5) is 26.2. The Kier molecular flexibility index (Phi) is 4.56. The van der Waals surface area contributed by atoms with Gasteiger partial charge in [-0.05, 0) is 55.8 Å². The van der Waals surface area contributed by atoms with Crippen LogP contribution in [0, 0.1) is 17.3 Å². The van der Waals surface area contributed by atoms with Crippen LogP contribution in [0.15, 0.2) is 12.3 Å². The number of nitrogens with zero attached hydrogens (tertiary/aromatic N) is 4. The molecule has 0 spiro atoms. The van der Waals surface area contributed by atoms with Crippen molar-refractivity contribution in [2.75, 3.05) is 38.2 Å². The highest BCUT2D eigenvalue weighted by Crippen LogP contribution is 2.65. The number of ether oxygens (including phenoxy) is 1. The van der Waals surface area contributed by atoms with Crippen LogP contribution in [0.5, 0.6) is 5.88 Å². The molecule has 4 aliphatic carbocycles. The Labute approximate surface area is 175 Å². The lowest BCUT2D eigenvalue weighted by Gasteiger charge is -2.60. The largest absolute Gasteiger partial charge is 0.481 e. The second-order valence-corrected chi connectivity index (χ2v) is 11.2. The highest BCUT2D eigenvalue weighted by molar-refractivity contribution is 9.10. The lowest BCUT2D eigenvalue weighted by Crippen LogP contribution is -2.55. The van der Waals surface area contributed by atoms with E-state index in [4.69, 9.17) is 4.74 Å². The molecule has 1 aromatic rings. The van der Waals surface area contributed by atoms with Crippen molar-refractivity contribution in [3.05, 3.63) is 12.3 Å². The molecule has 28 heavy (non-hydrogen) atoms. The molecule has 5 fully saturated rings. The van der Waals surface area contributed by atoms with Gasteiger partial charge in [0, 0.05) is 49.2 Å². The van der Waals surface area contributed by atoms with E-state index in [0.717, 1.165) is 44.4 Å². The van der Waals surface area contributed by atoms with Crippen LogP contribution >= 0.6 is 15.9 Å². The van der Waals surface area contributed by atoms with Crippen molar-refractivity contribution in [2.45, 2.75) is 49.3 Å². The third-order valence-corrected chi connectivity index (χ3v) is 8.31. The topological polar surface area (TPSA) is 58.6 Å². The average molecular weight is 449 g/mol. The number of carbonyl (C=O) groups excluding carboxylic acids is 1. The molecule has 152 valence electrons. The van der Waals surface area contributed by atoms with E-state index < -0.39 is 0 Å². The number of halogens is 1. The van der Waals surface area contributed by atoms with E-state index in [9.17, 15) is 4.79 Å². The van der Waals surface area contributed by atoms with Gasteiger partial charge in [0.15, 0.2) is 0 Å². The molecule has 1 saturated heterocycles. The summed E-state index contributed by atoms with van der Waals surface area (Å²) in [7, 11) is 1.62. The number of anilines is 1. The minimum absolute atomic E-state index is 0.248. The summed E-state index contributed by atoms with van der Waals surface area (Å²) in [5, 5.41) is 0. The maximum atomic E-state index is 13.2. The minimum atomic E-state index is 0.248. The molecule has 7 heteroatoms. The SMILES string of the molecule is COc1ccnc(N2CCN(C(=O)CC34CC5CC(CC(Br)(C5)C3)C4)CC2)n1. The minimum Gasteiger partial charge on any atom is -0.481 e. The van der Waals surface area contributed by atoms with Gasteiger partial charge in [0.2, 0.25) is 17.7 Å². The monoisotopic (exact) mass is 448 g/mol. The Bertz CT molecular complexity index is 751. The van der Waals surface area contributed by atoms with Crippen LogP contribution in [0.2, 0.25) is 0 Å². The molecule has 2 unspecified atom stereocenters. The Balaban J connectivity index is 1.21. The molecule has 5 aliphatic rings. The zero-order valence-corrected chi connectivity index (χ0v) is 18.2. The summed E-state index contributed by atoms with van der Waals surface area (Å²) < 4.78 is 5.52. The van der Waals surface area contributed by atoms with Crippen LogP contribution in [-0.2, 0) is 4.79 Å². The summed E-state index contributed by atoms with van der Waals surface area (Å²) in [5.74, 6) is 3.28. The molecule has 1 aliphatic heterocycles. The Morgan fingerprint density at radius 1 is 1.21 bits per heavy atom. The van der Waals surface area contributed by atoms with Crippen LogP contribution in [0.4, 0.5) is 5.95 Å². The summed E-state index contributed by atoms with van der Waals surface area (Å²) in [6.07, 6.45) is 10.2. The van der Waals surface area contributed by atoms with Gasteiger partial charge in [-0.25, -0.2) is 4.98 Å². The smallest absolute Gasteiger partial charge is 0.228 e. The number of hydrogen-bond acceptors (Lipinski definition) is 5. The molecule has 0 aromatic carbocycles. The first kappa shape index (κ1) is 18.6. The summed E-state index contributed by atoms with van der Waals surface area (Å²) >= 11 is 4.07. The van der Waals surface area contributed by atoms with Crippen molar-refractivity contribution in [3.63, 3.8) is 0 Å². The molecule has 2 heterocycles. The second kappa shape index (κ2) is 6.85. The van der Waals surface area contributed by atoms with Crippen LogP contribution in [0.3, 0.4) is 0 Å². The molecule has 0 N–H and O–H groups in total. The fourth-order valence-electron chi connectivity index (χ4n) is 6.73. The van der Waals surface area contributed by atoms with Gasteiger partial charge < -0.3 is 14.5 Å². The van der Waals surface area contributed by atoms with Gasteiger partial charge in [-0.1, -0.05) is 15.9 Å². The number of alkyl halides is 1. The normalized spacial score (nSPS) is 36.6. The van der Waals surface area contributed by atoms with Crippen LogP contribution in [0.25, 0.3) is 0 Å². The molecule has 1 aromatic heterocycles. The summed E-state index contributed by atoms with van der Waals surface area (Å²) in [5.41, 5.74) is 0.248. The van der Waals surface area contributed by atoms with Gasteiger partial charge in [0.25, 0.3) is 0 Å². The predicted molar refractivity (Wildman–Crippen MR) is 111 cm³/mol. The number of methoxy groups -OCH3 is 1. The van der Waals surface area contributed by atoms with Crippen molar-refractivity contribution in [1.82, 2.24) is 14.9 Å². The number of carbonyl (C=O) groups is 1. The summed E-state index contributed by atoms with van der Waals surface area (Å²) in [6.45, 7) is 3.06. The lowest BCUT2D eigenvalue weighted by atomic mass is 9.48. The maximum Gasteiger partial charge on any atom is 0.228 e. The van der Waals surface area contributed by atoms with Gasteiger partial charge in [0.1, 0.15) is 0 Å². The molecule has 4 bridgehead atoms. The first-order chi connectivity index (χ1) is 13.5. The zero-order chi connectivity index (χ0) is 19.4. The van der Waals surface area contributed by atoms with E-state index >= 15 is 0 Å². The molecule has 0 radical (unpaired) electrons. The fourth-order valence-corrected chi connectivity index (χ4v) is 8.24. The number of aromatic nitrogens is 2. The van der Waals surface area contributed by atoms with E-state index in [0.29, 0.717) is 22.1 Å². The van der Waals surface area contributed by atoms with E-state index in [1.165, 1.54) is 38.5 Å². The fraction of sp³-hybridized carbons (Fsp3) is 0.762. The van der Waals surface area contributed by atoms with Crippen molar-refractivity contribution in [1.29, 1.82) is 0 Å². The maximum absolute atomic E-state index is 13.2. The number of hydrogen-bond donors (Lipinski definition) is 0. The van der Waals surface area contributed by atoms with Crippen molar-refractivity contribution in [3.8, 4) is 5.88 Å². The van der Waals surface area contributed by atoms with Gasteiger partial charge in [0.05, 0.1) is 7.11 Å². The van der Waals surface area contributed by atoms with Crippen molar-refractivity contribution >= 4 is 27.8 Å². The van der Waals surface area contributed by atoms with Crippen LogP contribution in [0.1, 0.15) is 44.9 Å². The van der Waals surface area contributed by atoms with E-state index in [-0.39, 0.29) is 5.41 Å². The second-order valence-electron chi connectivity index (χ2n) is 9.56. The van der Waals surface area contributed by atoms with Crippen LogP contribution in [-0.4, -0.2) is 58.4 Å². The van der Waals surface area contributed by atoms with Gasteiger partial charge >= 0.3 is 0 Å². The zero-order valence-electron chi connectivity index (χ0n) is 16.6. The van der Waals surface area contributed by atoms with Crippen molar-refractivity contribution in [2.24, 2.45) is 17.3 Å². The van der Waals surface area contributed by atoms with Crippen molar-refractivity contribution < 1.29 is 9.53 Å². The lowest BCUT2D eigenvalue weighted by molar-refractivity contribution is -0.138. The Morgan fingerprint density at radius 2 is 1.93 bits per heavy atom. The molecule has 1 amide bonds. The summed E-state index contributed by atoms with van der Waals surface area (Å²) in [6, 6.07) is 1.76. The predicted octanol–water partition coefficient (Wildman–Crippen LogP) is 3.26.